The summed E-state index contributed by atoms with van der Waals surface area (Å²) >= 11 is 0. The molecule has 0 aromatic carbocycles. The standard InChI is InChI=1S/C15H24N2O4/c1-2-3-10-21-11-9-17-13(19)15(7-5-4-6-8-15)12(18)16-14(17)20/h2-11H2,1H3,(H,16,18,20). The van der Waals surface area contributed by atoms with Crippen molar-refractivity contribution < 1.29 is 19.1 Å². The molecule has 0 atom stereocenters. The number of unbranched alkanes of at least 4 members (excludes halogenated alkanes) is 1. The van der Waals surface area contributed by atoms with Gasteiger partial charge in [0.2, 0.25) is 11.8 Å². The molecule has 0 radical (unpaired) electrons. The zero-order valence-corrected chi connectivity index (χ0v) is 12.7. The molecule has 0 bridgehead atoms. The van der Waals surface area contributed by atoms with Gasteiger partial charge in [-0.05, 0) is 19.3 Å². The number of barbiturate groups is 1. The van der Waals surface area contributed by atoms with E-state index < -0.39 is 17.4 Å². The number of imide groups is 2. The molecule has 21 heavy (non-hydrogen) atoms. The maximum absolute atomic E-state index is 12.6. The van der Waals surface area contributed by atoms with Gasteiger partial charge in [-0.2, -0.15) is 0 Å². The van der Waals surface area contributed by atoms with Crippen molar-refractivity contribution in [3.8, 4) is 0 Å². The third kappa shape index (κ3) is 3.26. The van der Waals surface area contributed by atoms with Crippen LogP contribution in [-0.4, -0.2) is 42.5 Å². The summed E-state index contributed by atoms with van der Waals surface area (Å²) in [5.41, 5.74) is -1.02. The van der Waals surface area contributed by atoms with Gasteiger partial charge >= 0.3 is 6.03 Å². The zero-order valence-electron chi connectivity index (χ0n) is 12.7. The molecule has 0 aromatic heterocycles. The highest BCUT2D eigenvalue weighted by Gasteiger charge is 2.53. The van der Waals surface area contributed by atoms with Crippen LogP contribution in [0.5, 0.6) is 0 Å². The van der Waals surface area contributed by atoms with E-state index in [1.807, 2.05) is 0 Å². The normalized spacial score (nSPS) is 21.8. The lowest BCUT2D eigenvalue weighted by atomic mass is 9.71. The third-order valence-corrected chi connectivity index (χ3v) is 4.36. The minimum absolute atomic E-state index is 0.212. The number of amides is 4. The first-order chi connectivity index (χ1) is 10.1. The fraction of sp³-hybridized carbons (Fsp3) is 0.800. The second-order valence-corrected chi connectivity index (χ2v) is 5.82. The Morgan fingerprint density at radius 2 is 1.86 bits per heavy atom. The van der Waals surface area contributed by atoms with Crippen LogP contribution in [0.25, 0.3) is 0 Å². The van der Waals surface area contributed by atoms with Gasteiger partial charge in [0.25, 0.3) is 0 Å². The number of rotatable bonds is 6. The summed E-state index contributed by atoms with van der Waals surface area (Å²) in [7, 11) is 0. The van der Waals surface area contributed by atoms with Crippen molar-refractivity contribution in [1.82, 2.24) is 10.2 Å². The average Bonchev–Trinajstić information content (AvgIpc) is 2.49. The molecule has 2 rings (SSSR count). The molecule has 2 fully saturated rings. The molecule has 4 amide bonds. The second kappa shape index (κ2) is 7.02. The van der Waals surface area contributed by atoms with Crippen molar-refractivity contribution in [3.63, 3.8) is 0 Å². The molecule has 1 aliphatic heterocycles. The number of nitrogens with zero attached hydrogens (tertiary/aromatic N) is 1. The largest absolute Gasteiger partial charge is 0.380 e. The number of carbonyl (C=O) groups is 3. The van der Waals surface area contributed by atoms with Crippen molar-refractivity contribution in [2.75, 3.05) is 19.8 Å². The van der Waals surface area contributed by atoms with E-state index in [2.05, 4.69) is 12.2 Å². The van der Waals surface area contributed by atoms with Crippen LogP contribution in [0.2, 0.25) is 0 Å². The van der Waals surface area contributed by atoms with E-state index in [4.69, 9.17) is 4.74 Å². The molecule has 6 nitrogen and oxygen atoms in total. The predicted molar refractivity (Wildman–Crippen MR) is 76.5 cm³/mol. The van der Waals surface area contributed by atoms with Crippen LogP contribution in [0.1, 0.15) is 51.9 Å². The molecule has 1 saturated carbocycles. The molecular weight excluding hydrogens is 272 g/mol. The smallest absolute Gasteiger partial charge is 0.330 e. The lowest BCUT2D eigenvalue weighted by Gasteiger charge is -2.41. The van der Waals surface area contributed by atoms with E-state index in [-0.39, 0.29) is 12.5 Å². The summed E-state index contributed by atoms with van der Waals surface area (Å²) in [5.74, 6) is -0.754. The van der Waals surface area contributed by atoms with Crippen LogP contribution in [0.3, 0.4) is 0 Å². The first-order valence-corrected chi connectivity index (χ1v) is 7.87. The summed E-state index contributed by atoms with van der Waals surface area (Å²) in [4.78, 5) is 37.8. The Hall–Kier alpha value is -1.43. The quantitative estimate of drug-likeness (QED) is 0.599. The predicted octanol–water partition coefficient (Wildman–Crippen LogP) is 1.83. The zero-order chi connectivity index (χ0) is 15.3. The van der Waals surface area contributed by atoms with E-state index in [0.717, 1.165) is 37.0 Å². The molecular formula is C15H24N2O4. The van der Waals surface area contributed by atoms with Crippen LogP contribution in [0, 0.1) is 5.41 Å². The van der Waals surface area contributed by atoms with Crippen molar-refractivity contribution in [2.24, 2.45) is 5.41 Å². The van der Waals surface area contributed by atoms with Crippen molar-refractivity contribution in [3.05, 3.63) is 0 Å². The van der Waals surface area contributed by atoms with Crippen LogP contribution in [0.4, 0.5) is 4.79 Å². The number of ether oxygens (including phenoxy) is 1. The number of carbonyl (C=O) groups excluding carboxylic acids is 3. The maximum atomic E-state index is 12.6. The molecule has 1 saturated heterocycles. The summed E-state index contributed by atoms with van der Waals surface area (Å²) in [6, 6.07) is -0.611. The minimum Gasteiger partial charge on any atom is -0.380 e. The van der Waals surface area contributed by atoms with Gasteiger partial charge in [0.1, 0.15) is 5.41 Å². The molecule has 6 heteroatoms. The fourth-order valence-electron chi connectivity index (χ4n) is 3.04. The van der Waals surface area contributed by atoms with Crippen LogP contribution in [-0.2, 0) is 14.3 Å². The monoisotopic (exact) mass is 296 g/mol. The van der Waals surface area contributed by atoms with Gasteiger partial charge in [-0.25, -0.2) is 4.79 Å². The van der Waals surface area contributed by atoms with Gasteiger partial charge in [0, 0.05) is 6.61 Å². The highest BCUT2D eigenvalue weighted by atomic mass is 16.5. The Labute approximate surface area is 125 Å². The first-order valence-electron chi connectivity index (χ1n) is 7.87. The average molecular weight is 296 g/mol. The highest BCUT2D eigenvalue weighted by molar-refractivity contribution is 6.19. The van der Waals surface area contributed by atoms with E-state index in [1.165, 1.54) is 0 Å². The Balaban J connectivity index is 1.98. The van der Waals surface area contributed by atoms with Crippen molar-refractivity contribution in [2.45, 2.75) is 51.9 Å². The summed E-state index contributed by atoms with van der Waals surface area (Å²) in [5, 5.41) is 2.34. The highest BCUT2D eigenvalue weighted by Crippen LogP contribution is 2.40. The number of hydrogen-bond donors (Lipinski definition) is 1. The third-order valence-electron chi connectivity index (χ3n) is 4.36. The lowest BCUT2D eigenvalue weighted by molar-refractivity contribution is -0.154. The van der Waals surface area contributed by atoms with E-state index in [9.17, 15) is 14.4 Å². The fourth-order valence-corrected chi connectivity index (χ4v) is 3.04. The van der Waals surface area contributed by atoms with E-state index >= 15 is 0 Å². The summed E-state index contributed by atoms with van der Waals surface area (Å²) < 4.78 is 5.42. The molecule has 1 spiro atoms. The summed E-state index contributed by atoms with van der Waals surface area (Å²) in [6.07, 6.45) is 5.83. The number of urea groups is 1. The second-order valence-electron chi connectivity index (χ2n) is 5.82. The van der Waals surface area contributed by atoms with Crippen molar-refractivity contribution >= 4 is 17.8 Å². The molecule has 2 aliphatic rings. The lowest BCUT2D eigenvalue weighted by Crippen LogP contribution is -2.64. The molecule has 0 aromatic rings. The molecule has 118 valence electrons. The van der Waals surface area contributed by atoms with Gasteiger partial charge in [-0.1, -0.05) is 32.6 Å². The molecule has 0 unspecified atom stereocenters. The minimum atomic E-state index is -1.02. The Morgan fingerprint density at radius 1 is 1.14 bits per heavy atom. The summed E-state index contributed by atoms with van der Waals surface area (Å²) in [6.45, 7) is 3.24. The number of hydrogen-bond acceptors (Lipinski definition) is 4. The number of nitrogens with one attached hydrogen (secondary N) is 1. The van der Waals surface area contributed by atoms with E-state index in [0.29, 0.717) is 26.1 Å². The maximum Gasteiger partial charge on any atom is 0.330 e. The Morgan fingerprint density at radius 3 is 2.52 bits per heavy atom. The molecule has 1 heterocycles. The Bertz CT molecular complexity index is 416. The Kier molecular flexibility index (Phi) is 5.33. The van der Waals surface area contributed by atoms with Crippen LogP contribution < -0.4 is 5.32 Å². The van der Waals surface area contributed by atoms with Gasteiger partial charge in [0.15, 0.2) is 0 Å². The topological polar surface area (TPSA) is 75.7 Å². The van der Waals surface area contributed by atoms with Crippen LogP contribution in [0.15, 0.2) is 0 Å². The van der Waals surface area contributed by atoms with Crippen LogP contribution >= 0.6 is 0 Å². The van der Waals surface area contributed by atoms with E-state index in [1.54, 1.807) is 0 Å². The van der Waals surface area contributed by atoms with Gasteiger partial charge in [0.05, 0.1) is 13.2 Å². The van der Waals surface area contributed by atoms with Crippen molar-refractivity contribution in [1.29, 1.82) is 0 Å². The SMILES string of the molecule is CCCCOCCN1C(=O)NC(=O)C2(CCCCC2)C1=O. The molecule has 1 aliphatic carbocycles. The van der Waals surface area contributed by atoms with Gasteiger partial charge in [-0.15, -0.1) is 0 Å². The van der Waals surface area contributed by atoms with Gasteiger partial charge in [-0.3, -0.25) is 19.8 Å². The van der Waals surface area contributed by atoms with Gasteiger partial charge < -0.3 is 4.74 Å². The molecule has 1 N–H and O–H groups in total. The first kappa shape index (κ1) is 15.9.